The quantitative estimate of drug-likeness (QED) is 0.448. The van der Waals surface area contributed by atoms with Crippen molar-refractivity contribution in [1.29, 1.82) is 0 Å². The van der Waals surface area contributed by atoms with Crippen LogP contribution in [0.15, 0.2) is 18.2 Å². The normalized spacial score (nSPS) is 8.75. The number of aromatic nitrogens is 1. The fourth-order valence-corrected chi connectivity index (χ4v) is 0.689. The molecular weight excluding hydrogens is 154 g/mol. The average Bonchev–Trinajstić information content (AvgIpc) is 2.05. The number of nitrogen functional groups attached to an aromatic ring is 1. The minimum Gasteiger partial charge on any atom is -0.384 e. The van der Waals surface area contributed by atoms with Crippen molar-refractivity contribution in [2.24, 2.45) is 5.90 Å². The molecule has 0 aliphatic carbocycles. The molecule has 0 aliphatic rings. The average molecular weight is 163 g/mol. The maximum atomic E-state index is 5.43. The van der Waals surface area contributed by atoms with Crippen molar-refractivity contribution >= 4 is 5.82 Å². The Morgan fingerprint density at radius 3 is 3.00 bits per heavy atom. The van der Waals surface area contributed by atoms with Gasteiger partial charge in [-0.15, -0.1) is 0 Å². The standard InChI is InChI=1S/C8H9N3O/c9-8-5-1-3-7(11-8)4-2-6-12-10/h1,3,5H,6,10H2,(H2,9,11). The molecule has 1 heterocycles. The number of anilines is 1. The molecule has 0 atom stereocenters. The Balaban J connectivity index is 2.71. The third-order valence-corrected chi connectivity index (χ3v) is 1.14. The molecule has 0 aromatic carbocycles. The fraction of sp³-hybridized carbons (Fsp3) is 0.125. The summed E-state index contributed by atoms with van der Waals surface area (Å²) in [6, 6.07) is 5.25. The van der Waals surface area contributed by atoms with Gasteiger partial charge in [0.15, 0.2) is 0 Å². The fourth-order valence-electron chi connectivity index (χ4n) is 0.689. The van der Waals surface area contributed by atoms with Crippen LogP contribution in [0.1, 0.15) is 5.69 Å². The lowest BCUT2D eigenvalue weighted by Gasteiger charge is -1.91. The van der Waals surface area contributed by atoms with Gasteiger partial charge in [-0.1, -0.05) is 12.0 Å². The Labute approximate surface area is 70.5 Å². The van der Waals surface area contributed by atoms with Gasteiger partial charge in [-0.2, -0.15) is 0 Å². The number of rotatable bonds is 1. The first-order valence-electron chi connectivity index (χ1n) is 3.36. The van der Waals surface area contributed by atoms with E-state index < -0.39 is 0 Å². The first-order chi connectivity index (χ1) is 5.83. The van der Waals surface area contributed by atoms with E-state index in [1.54, 1.807) is 18.2 Å². The van der Waals surface area contributed by atoms with Crippen LogP contribution in [0, 0.1) is 11.8 Å². The molecule has 12 heavy (non-hydrogen) atoms. The van der Waals surface area contributed by atoms with Gasteiger partial charge in [0.25, 0.3) is 0 Å². The van der Waals surface area contributed by atoms with E-state index >= 15 is 0 Å². The van der Waals surface area contributed by atoms with Gasteiger partial charge in [0.2, 0.25) is 0 Å². The topological polar surface area (TPSA) is 74.2 Å². The van der Waals surface area contributed by atoms with Crippen molar-refractivity contribution in [3.8, 4) is 11.8 Å². The maximum Gasteiger partial charge on any atom is 0.129 e. The molecule has 0 spiro atoms. The zero-order valence-corrected chi connectivity index (χ0v) is 6.45. The molecule has 0 aliphatic heterocycles. The van der Waals surface area contributed by atoms with E-state index in [0.717, 1.165) is 0 Å². The number of hydrogen-bond donors (Lipinski definition) is 2. The predicted octanol–water partition coefficient (Wildman–Crippen LogP) is -0.0944. The molecule has 1 rings (SSSR count). The molecule has 62 valence electrons. The van der Waals surface area contributed by atoms with Gasteiger partial charge >= 0.3 is 0 Å². The number of pyridine rings is 1. The van der Waals surface area contributed by atoms with E-state index in [1.165, 1.54) is 0 Å². The molecule has 0 saturated heterocycles. The Kier molecular flexibility index (Phi) is 3.08. The first kappa shape index (κ1) is 8.53. The SMILES string of the molecule is NOCC#Cc1cccc(N)n1. The van der Waals surface area contributed by atoms with Crippen molar-refractivity contribution in [2.75, 3.05) is 12.3 Å². The maximum absolute atomic E-state index is 5.43. The number of nitrogens with zero attached hydrogens (tertiary/aromatic N) is 1. The largest absolute Gasteiger partial charge is 0.384 e. The Bertz CT molecular complexity index is 314. The van der Waals surface area contributed by atoms with Crippen molar-refractivity contribution < 1.29 is 4.84 Å². The van der Waals surface area contributed by atoms with Gasteiger partial charge in [0.1, 0.15) is 18.1 Å². The smallest absolute Gasteiger partial charge is 0.129 e. The highest BCUT2D eigenvalue weighted by atomic mass is 16.6. The predicted molar refractivity (Wildman–Crippen MR) is 45.7 cm³/mol. The highest BCUT2D eigenvalue weighted by molar-refractivity contribution is 5.36. The zero-order chi connectivity index (χ0) is 8.81. The molecule has 4 nitrogen and oxygen atoms in total. The third kappa shape index (κ3) is 2.58. The first-order valence-corrected chi connectivity index (χ1v) is 3.36. The van der Waals surface area contributed by atoms with E-state index in [2.05, 4.69) is 21.7 Å². The summed E-state index contributed by atoms with van der Waals surface area (Å²) in [5.74, 6) is 10.6. The summed E-state index contributed by atoms with van der Waals surface area (Å²) in [4.78, 5) is 8.21. The lowest BCUT2D eigenvalue weighted by Crippen LogP contribution is -1.98. The molecular formula is C8H9N3O. The Hall–Kier alpha value is -1.57. The van der Waals surface area contributed by atoms with Crippen molar-refractivity contribution in [3.05, 3.63) is 23.9 Å². The number of hydrogen-bond acceptors (Lipinski definition) is 4. The second-order valence-electron chi connectivity index (χ2n) is 2.06. The summed E-state index contributed by atoms with van der Waals surface area (Å²) < 4.78 is 0. The van der Waals surface area contributed by atoms with Crippen LogP contribution >= 0.6 is 0 Å². The van der Waals surface area contributed by atoms with Gasteiger partial charge in [-0.05, 0) is 18.1 Å². The highest BCUT2D eigenvalue weighted by Crippen LogP contribution is 1.97. The molecule has 0 fully saturated rings. The summed E-state index contributed by atoms with van der Waals surface area (Å²) in [5, 5.41) is 0. The minimum atomic E-state index is 0.191. The van der Waals surface area contributed by atoms with E-state index in [4.69, 9.17) is 11.6 Å². The monoisotopic (exact) mass is 163 g/mol. The van der Waals surface area contributed by atoms with Gasteiger partial charge in [0.05, 0.1) is 0 Å². The van der Waals surface area contributed by atoms with Crippen LogP contribution in [-0.2, 0) is 4.84 Å². The molecule has 1 aromatic rings. The summed E-state index contributed by atoms with van der Waals surface area (Å²) >= 11 is 0. The summed E-state index contributed by atoms with van der Waals surface area (Å²) in [5.41, 5.74) is 6.05. The van der Waals surface area contributed by atoms with Crippen LogP contribution in [0.5, 0.6) is 0 Å². The second kappa shape index (κ2) is 4.34. The third-order valence-electron chi connectivity index (χ3n) is 1.14. The lowest BCUT2D eigenvalue weighted by molar-refractivity contribution is 0.173. The van der Waals surface area contributed by atoms with Crippen molar-refractivity contribution in [2.45, 2.75) is 0 Å². The molecule has 1 aromatic heterocycles. The second-order valence-corrected chi connectivity index (χ2v) is 2.06. The van der Waals surface area contributed by atoms with Gasteiger partial charge in [0, 0.05) is 0 Å². The Morgan fingerprint density at radius 2 is 2.33 bits per heavy atom. The van der Waals surface area contributed by atoms with Crippen LogP contribution in [0.3, 0.4) is 0 Å². The highest BCUT2D eigenvalue weighted by Gasteiger charge is 1.87. The molecule has 0 unspecified atom stereocenters. The number of nitrogens with two attached hydrogens (primary N) is 2. The van der Waals surface area contributed by atoms with Crippen LogP contribution in [0.25, 0.3) is 0 Å². The van der Waals surface area contributed by atoms with Crippen LogP contribution in [0.2, 0.25) is 0 Å². The molecule has 0 saturated carbocycles. The Morgan fingerprint density at radius 1 is 1.50 bits per heavy atom. The minimum absolute atomic E-state index is 0.191. The van der Waals surface area contributed by atoms with Gasteiger partial charge < -0.3 is 5.73 Å². The van der Waals surface area contributed by atoms with E-state index in [1.807, 2.05) is 0 Å². The zero-order valence-electron chi connectivity index (χ0n) is 6.45. The molecule has 4 heteroatoms. The van der Waals surface area contributed by atoms with Crippen LogP contribution < -0.4 is 11.6 Å². The van der Waals surface area contributed by atoms with Gasteiger partial charge in [-0.25, -0.2) is 10.9 Å². The van der Waals surface area contributed by atoms with Crippen molar-refractivity contribution in [3.63, 3.8) is 0 Å². The molecule has 4 N–H and O–H groups in total. The van der Waals surface area contributed by atoms with E-state index in [0.29, 0.717) is 11.5 Å². The molecule has 0 radical (unpaired) electrons. The summed E-state index contributed by atoms with van der Waals surface area (Å²) in [7, 11) is 0. The molecule has 0 amide bonds. The van der Waals surface area contributed by atoms with Crippen LogP contribution in [-0.4, -0.2) is 11.6 Å². The van der Waals surface area contributed by atoms with E-state index in [-0.39, 0.29) is 6.61 Å². The molecule has 0 bridgehead atoms. The van der Waals surface area contributed by atoms with Crippen LogP contribution in [0.4, 0.5) is 5.82 Å². The van der Waals surface area contributed by atoms with Gasteiger partial charge in [-0.3, -0.25) is 4.84 Å². The summed E-state index contributed by atoms with van der Waals surface area (Å²) in [6.45, 7) is 0.191. The van der Waals surface area contributed by atoms with Crippen molar-refractivity contribution in [1.82, 2.24) is 4.98 Å². The lowest BCUT2D eigenvalue weighted by atomic mass is 10.3. The van der Waals surface area contributed by atoms with E-state index in [9.17, 15) is 0 Å². The summed E-state index contributed by atoms with van der Waals surface area (Å²) in [6.07, 6.45) is 0.